The Balaban J connectivity index is 2.17. The van der Waals surface area contributed by atoms with Gasteiger partial charge in [0.15, 0.2) is 0 Å². The van der Waals surface area contributed by atoms with Crippen LogP contribution in [0.3, 0.4) is 0 Å². The van der Waals surface area contributed by atoms with Gasteiger partial charge in [0, 0.05) is 31.9 Å². The van der Waals surface area contributed by atoms with Crippen LogP contribution in [-0.4, -0.2) is 46.8 Å². The van der Waals surface area contributed by atoms with Crippen LogP contribution in [0.25, 0.3) is 0 Å². The summed E-state index contributed by atoms with van der Waals surface area (Å²) in [6.07, 6.45) is 5.24. The highest BCUT2D eigenvalue weighted by Gasteiger charge is 2.28. The molecule has 2 rings (SSSR count). The summed E-state index contributed by atoms with van der Waals surface area (Å²) < 4.78 is 7.96. The van der Waals surface area contributed by atoms with E-state index in [2.05, 4.69) is 35.2 Å². The van der Waals surface area contributed by atoms with E-state index in [1.807, 2.05) is 12.5 Å². The van der Waals surface area contributed by atoms with Gasteiger partial charge in [0.05, 0.1) is 30.8 Å². The van der Waals surface area contributed by atoms with Gasteiger partial charge in [-0.2, -0.15) is 0 Å². The zero-order valence-electron chi connectivity index (χ0n) is 12.2. The van der Waals surface area contributed by atoms with E-state index < -0.39 is 0 Å². The van der Waals surface area contributed by atoms with Crippen molar-refractivity contribution in [2.24, 2.45) is 5.73 Å². The molecule has 0 aliphatic carbocycles. The van der Waals surface area contributed by atoms with Crippen molar-refractivity contribution >= 4 is 0 Å². The van der Waals surface area contributed by atoms with E-state index in [-0.39, 0.29) is 6.04 Å². The van der Waals surface area contributed by atoms with Gasteiger partial charge in [-0.1, -0.05) is 6.92 Å². The standard InChI is InChI=1S/C14H26N4O/c1-4-12-9-17(5-6-19-12)13(7-15)14-8-16-10-18(14)11(2)3/h8,10-13H,4-7,9,15H2,1-3H3. The van der Waals surface area contributed by atoms with Crippen molar-refractivity contribution in [3.05, 3.63) is 18.2 Å². The van der Waals surface area contributed by atoms with Crippen molar-refractivity contribution in [1.82, 2.24) is 14.5 Å². The third kappa shape index (κ3) is 3.16. The molecule has 1 fully saturated rings. The van der Waals surface area contributed by atoms with E-state index in [0.717, 1.165) is 26.1 Å². The smallest absolute Gasteiger partial charge is 0.0951 e. The van der Waals surface area contributed by atoms with Gasteiger partial charge in [0.1, 0.15) is 0 Å². The lowest BCUT2D eigenvalue weighted by Gasteiger charge is -2.38. The minimum absolute atomic E-state index is 0.239. The summed E-state index contributed by atoms with van der Waals surface area (Å²) in [6.45, 7) is 9.84. The number of nitrogens with two attached hydrogens (primary N) is 1. The molecule has 1 aliphatic rings. The maximum atomic E-state index is 6.03. The summed E-state index contributed by atoms with van der Waals surface area (Å²) in [5.41, 5.74) is 7.24. The molecular formula is C14H26N4O. The molecule has 0 radical (unpaired) electrons. The van der Waals surface area contributed by atoms with Crippen LogP contribution in [-0.2, 0) is 4.74 Å². The molecule has 1 aromatic rings. The fraction of sp³-hybridized carbons (Fsp3) is 0.786. The van der Waals surface area contributed by atoms with Crippen molar-refractivity contribution in [3.8, 4) is 0 Å². The minimum atomic E-state index is 0.239. The lowest BCUT2D eigenvalue weighted by atomic mass is 10.1. The molecule has 1 aliphatic heterocycles. The van der Waals surface area contributed by atoms with Gasteiger partial charge < -0.3 is 15.0 Å². The number of hydrogen-bond acceptors (Lipinski definition) is 4. The second-order valence-corrected chi connectivity index (χ2v) is 5.47. The number of ether oxygens (including phenoxy) is 1. The molecule has 5 heteroatoms. The summed E-state index contributed by atoms with van der Waals surface area (Å²) in [5.74, 6) is 0. The van der Waals surface area contributed by atoms with Crippen molar-refractivity contribution in [3.63, 3.8) is 0 Å². The largest absolute Gasteiger partial charge is 0.376 e. The number of morpholine rings is 1. The Morgan fingerprint density at radius 3 is 2.95 bits per heavy atom. The molecule has 0 amide bonds. The lowest BCUT2D eigenvalue weighted by molar-refractivity contribution is -0.0447. The molecular weight excluding hydrogens is 240 g/mol. The van der Waals surface area contributed by atoms with Crippen LogP contribution in [0.5, 0.6) is 0 Å². The van der Waals surface area contributed by atoms with E-state index in [0.29, 0.717) is 18.7 Å². The molecule has 0 bridgehead atoms. The molecule has 108 valence electrons. The van der Waals surface area contributed by atoms with E-state index in [1.54, 1.807) is 0 Å². The fourth-order valence-electron chi connectivity index (χ4n) is 2.73. The predicted molar refractivity (Wildman–Crippen MR) is 76.0 cm³/mol. The molecule has 1 aromatic heterocycles. The Morgan fingerprint density at radius 1 is 1.53 bits per heavy atom. The lowest BCUT2D eigenvalue weighted by Crippen LogP contribution is -2.46. The van der Waals surface area contributed by atoms with Gasteiger partial charge in [0.2, 0.25) is 0 Å². The number of nitrogens with zero attached hydrogens (tertiary/aromatic N) is 3. The summed E-state index contributed by atoms with van der Waals surface area (Å²) in [5, 5.41) is 0. The summed E-state index contributed by atoms with van der Waals surface area (Å²) >= 11 is 0. The topological polar surface area (TPSA) is 56.3 Å². The maximum absolute atomic E-state index is 6.03. The van der Waals surface area contributed by atoms with Crippen molar-refractivity contribution in [1.29, 1.82) is 0 Å². The van der Waals surface area contributed by atoms with Crippen molar-refractivity contribution < 1.29 is 4.74 Å². The molecule has 0 spiro atoms. The molecule has 2 heterocycles. The number of aromatic nitrogens is 2. The Hall–Kier alpha value is -0.910. The van der Waals surface area contributed by atoms with Crippen molar-refractivity contribution in [2.75, 3.05) is 26.2 Å². The van der Waals surface area contributed by atoms with Crippen LogP contribution in [0.15, 0.2) is 12.5 Å². The summed E-state index contributed by atoms with van der Waals surface area (Å²) in [7, 11) is 0. The number of hydrogen-bond donors (Lipinski definition) is 1. The monoisotopic (exact) mass is 266 g/mol. The molecule has 2 N–H and O–H groups in total. The summed E-state index contributed by atoms with van der Waals surface area (Å²) in [4.78, 5) is 6.73. The van der Waals surface area contributed by atoms with E-state index >= 15 is 0 Å². The summed E-state index contributed by atoms with van der Waals surface area (Å²) in [6, 6.07) is 0.650. The molecule has 5 nitrogen and oxygen atoms in total. The first-order chi connectivity index (χ1) is 9.17. The van der Waals surface area contributed by atoms with E-state index in [9.17, 15) is 0 Å². The molecule has 2 unspecified atom stereocenters. The Labute approximate surface area is 115 Å². The molecule has 0 saturated carbocycles. The average molecular weight is 266 g/mol. The molecule has 1 saturated heterocycles. The SMILES string of the molecule is CCC1CN(C(CN)c2cncn2C(C)C)CCO1. The van der Waals surface area contributed by atoms with Crippen LogP contribution >= 0.6 is 0 Å². The Bertz CT molecular complexity index is 391. The van der Waals surface area contributed by atoms with Crippen LogP contribution in [0.1, 0.15) is 45.0 Å². The Kier molecular flexibility index (Phi) is 4.96. The highest BCUT2D eigenvalue weighted by molar-refractivity contribution is 5.08. The predicted octanol–water partition coefficient (Wildman–Crippen LogP) is 1.57. The van der Waals surface area contributed by atoms with Gasteiger partial charge >= 0.3 is 0 Å². The first-order valence-electron chi connectivity index (χ1n) is 7.24. The number of rotatable bonds is 5. The van der Waals surface area contributed by atoms with Crippen LogP contribution in [0, 0.1) is 0 Å². The van der Waals surface area contributed by atoms with Crippen LogP contribution in [0.4, 0.5) is 0 Å². The third-order valence-corrected chi connectivity index (χ3v) is 3.88. The number of imidazole rings is 1. The van der Waals surface area contributed by atoms with Crippen molar-refractivity contribution in [2.45, 2.75) is 45.4 Å². The Morgan fingerprint density at radius 2 is 2.32 bits per heavy atom. The maximum Gasteiger partial charge on any atom is 0.0951 e. The van der Waals surface area contributed by atoms with E-state index in [4.69, 9.17) is 10.5 Å². The zero-order chi connectivity index (χ0) is 13.8. The molecule has 19 heavy (non-hydrogen) atoms. The van der Waals surface area contributed by atoms with Crippen LogP contribution < -0.4 is 5.73 Å². The van der Waals surface area contributed by atoms with Gasteiger partial charge in [0.25, 0.3) is 0 Å². The highest BCUT2D eigenvalue weighted by Crippen LogP contribution is 2.24. The minimum Gasteiger partial charge on any atom is -0.376 e. The van der Waals surface area contributed by atoms with Gasteiger partial charge in [-0.25, -0.2) is 4.98 Å². The first-order valence-corrected chi connectivity index (χ1v) is 7.24. The quantitative estimate of drug-likeness (QED) is 0.879. The highest BCUT2D eigenvalue weighted by atomic mass is 16.5. The molecule has 0 aromatic carbocycles. The average Bonchev–Trinajstić information content (AvgIpc) is 2.89. The fourth-order valence-corrected chi connectivity index (χ4v) is 2.73. The third-order valence-electron chi connectivity index (χ3n) is 3.88. The zero-order valence-corrected chi connectivity index (χ0v) is 12.2. The van der Waals surface area contributed by atoms with Gasteiger partial charge in [-0.15, -0.1) is 0 Å². The normalized spacial score (nSPS) is 22.9. The van der Waals surface area contributed by atoms with E-state index in [1.165, 1.54) is 5.69 Å². The first kappa shape index (κ1) is 14.5. The molecule has 2 atom stereocenters. The second kappa shape index (κ2) is 6.50. The van der Waals surface area contributed by atoms with Gasteiger partial charge in [-0.05, 0) is 20.3 Å². The van der Waals surface area contributed by atoms with Crippen LogP contribution in [0.2, 0.25) is 0 Å². The second-order valence-electron chi connectivity index (χ2n) is 5.47. The van der Waals surface area contributed by atoms with Gasteiger partial charge in [-0.3, -0.25) is 4.90 Å².